The van der Waals surface area contributed by atoms with E-state index in [0.29, 0.717) is 5.56 Å². The summed E-state index contributed by atoms with van der Waals surface area (Å²) >= 11 is 5.72. The Hall–Kier alpha value is -3.17. The van der Waals surface area contributed by atoms with Crippen molar-refractivity contribution in [2.75, 3.05) is 0 Å². The Morgan fingerprint density at radius 3 is 2.62 bits per heavy atom. The molecule has 2 aromatic rings. The highest BCUT2D eigenvalue weighted by molar-refractivity contribution is 6.32. The monoisotopic (exact) mass is 342 g/mol. The molecule has 0 aliphatic rings. The standard InChI is InChI=1S/C17H11ClN2O4/c18-15-7-6-13(9-16(15)20(22)23)8-14(10-19)17(21)24-11-12-4-2-1-3-5-12/h1-9H,11H2/b14-8-. The normalized spacial score (nSPS) is 10.8. The van der Waals surface area contributed by atoms with E-state index in [4.69, 9.17) is 21.6 Å². The molecule has 2 aromatic carbocycles. The fourth-order valence-electron chi connectivity index (χ4n) is 1.86. The molecule has 0 spiro atoms. The van der Waals surface area contributed by atoms with E-state index < -0.39 is 10.9 Å². The minimum absolute atomic E-state index is 0.0256. The number of ether oxygens (including phenoxy) is 1. The maximum Gasteiger partial charge on any atom is 0.349 e. The van der Waals surface area contributed by atoms with E-state index in [2.05, 4.69) is 0 Å². The molecule has 0 radical (unpaired) electrons. The van der Waals surface area contributed by atoms with Crippen LogP contribution in [0.4, 0.5) is 5.69 Å². The fraction of sp³-hybridized carbons (Fsp3) is 0.0588. The highest BCUT2D eigenvalue weighted by Gasteiger charge is 2.15. The number of nitro benzene ring substituents is 1. The van der Waals surface area contributed by atoms with Gasteiger partial charge in [-0.25, -0.2) is 4.79 Å². The Bertz CT molecular complexity index is 841. The van der Waals surface area contributed by atoms with Gasteiger partial charge in [0.25, 0.3) is 5.69 Å². The van der Waals surface area contributed by atoms with Crippen LogP contribution in [-0.4, -0.2) is 10.9 Å². The maximum atomic E-state index is 12.0. The molecule has 0 saturated heterocycles. The highest BCUT2D eigenvalue weighted by atomic mass is 35.5. The first-order valence-corrected chi connectivity index (χ1v) is 7.16. The molecule has 0 fully saturated rings. The molecule has 0 N–H and O–H groups in total. The molecule has 0 aliphatic heterocycles. The van der Waals surface area contributed by atoms with Crippen molar-refractivity contribution in [3.63, 3.8) is 0 Å². The van der Waals surface area contributed by atoms with E-state index in [1.807, 2.05) is 6.07 Å². The second-order valence-electron chi connectivity index (χ2n) is 4.70. The molecule has 0 heterocycles. The molecule has 0 unspecified atom stereocenters. The van der Waals surface area contributed by atoms with Gasteiger partial charge in [-0.1, -0.05) is 48.0 Å². The van der Waals surface area contributed by atoms with Gasteiger partial charge >= 0.3 is 5.97 Å². The molecule has 2 rings (SSSR count). The number of nitriles is 1. The molecular weight excluding hydrogens is 332 g/mol. The molecule has 0 amide bonds. The molecule has 6 nitrogen and oxygen atoms in total. The quantitative estimate of drug-likeness (QED) is 0.270. The maximum absolute atomic E-state index is 12.0. The lowest BCUT2D eigenvalue weighted by atomic mass is 10.1. The Labute approximate surface area is 142 Å². The number of rotatable bonds is 5. The summed E-state index contributed by atoms with van der Waals surface area (Å²) in [6.07, 6.45) is 1.22. The zero-order valence-corrected chi connectivity index (χ0v) is 13.1. The minimum Gasteiger partial charge on any atom is -0.457 e. The lowest BCUT2D eigenvalue weighted by Crippen LogP contribution is -2.06. The largest absolute Gasteiger partial charge is 0.457 e. The molecule has 0 aliphatic carbocycles. The van der Waals surface area contributed by atoms with Gasteiger partial charge in [0.15, 0.2) is 0 Å². The second kappa shape index (κ2) is 7.90. The third-order valence-electron chi connectivity index (χ3n) is 3.03. The number of carbonyl (C=O) groups is 1. The molecule has 7 heteroatoms. The van der Waals surface area contributed by atoms with Crippen LogP contribution in [0.25, 0.3) is 6.08 Å². The van der Waals surface area contributed by atoms with E-state index in [0.717, 1.165) is 5.56 Å². The SMILES string of the molecule is N#C/C(=C/c1ccc(Cl)c([N+](=O)[O-])c1)C(=O)OCc1ccccc1. The van der Waals surface area contributed by atoms with Crippen molar-refractivity contribution in [3.05, 3.63) is 80.4 Å². The summed E-state index contributed by atoms with van der Waals surface area (Å²) < 4.78 is 5.07. The molecule has 0 bridgehead atoms. The number of carbonyl (C=O) groups excluding carboxylic acids is 1. The van der Waals surface area contributed by atoms with Crippen molar-refractivity contribution in [2.24, 2.45) is 0 Å². The zero-order valence-electron chi connectivity index (χ0n) is 12.3. The van der Waals surface area contributed by atoms with E-state index in [1.165, 1.54) is 24.3 Å². The lowest BCUT2D eigenvalue weighted by Gasteiger charge is -2.04. The third kappa shape index (κ3) is 4.41. The molecule has 0 aromatic heterocycles. The topological polar surface area (TPSA) is 93.2 Å². The summed E-state index contributed by atoms with van der Waals surface area (Å²) in [6, 6.07) is 14.7. The molecule has 0 atom stereocenters. The number of hydrogen-bond acceptors (Lipinski definition) is 5. The van der Waals surface area contributed by atoms with Crippen molar-refractivity contribution < 1.29 is 14.5 Å². The van der Waals surface area contributed by atoms with Gasteiger partial charge in [0.2, 0.25) is 0 Å². The zero-order chi connectivity index (χ0) is 17.5. The van der Waals surface area contributed by atoms with Crippen LogP contribution in [0.3, 0.4) is 0 Å². The first kappa shape index (κ1) is 17.2. The minimum atomic E-state index is -0.807. The van der Waals surface area contributed by atoms with Crippen molar-refractivity contribution >= 4 is 29.3 Å². The third-order valence-corrected chi connectivity index (χ3v) is 3.35. The summed E-state index contributed by atoms with van der Waals surface area (Å²) in [6.45, 7) is 0.0272. The van der Waals surface area contributed by atoms with E-state index in [9.17, 15) is 14.9 Å². The average Bonchev–Trinajstić information content (AvgIpc) is 2.59. The van der Waals surface area contributed by atoms with Crippen LogP contribution in [0.1, 0.15) is 11.1 Å². The van der Waals surface area contributed by atoms with Crippen molar-refractivity contribution in [2.45, 2.75) is 6.61 Å². The Kier molecular flexibility index (Phi) is 5.66. The fourth-order valence-corrected chi connectivity index (χ4v) is 2.05. The number of halogens is 1. The summed E-state index contributed by atoms with van der Waals surface area (Å²) in [5.74, 6) is -0.807. The number of esters is 1. The summed E-state index contributed by atoms with van der Waals surface area (Å²) in [4.78, 5) is 22.2. The van der Waals surface area contributed by atoms with E-state index >= 15 is 0 Å². The van der Waals surface area contributed by atoms with Gasteiger partial charge in [0, 0.05) is 6.07 Å². The van der Waals surface area contributed by atoms with Crippen molar-refractivity contribution in [3.8, 4) is 6.07 Å². The van der Waals surface area contributed by atoms with Crippen molar-refractivity contribution in [1.82, 2.24) is 0 Å². The first-order valence-electron chi connectivity index (χ1n) is 6.78. The predicted molar refractivity (Wildman–Crippen MR) is 87.9 cm³/mol. The lowest BCUT2D eigenvalue weighted by molar-refractivity contribution is -0.384. The summed E-state index contributed by atoms with van der Waals surface area (Å²) in [5.41, 5.74) is 0.521. The number of benzene rings is 2. The van der Waals surface area contributed by atoms with E-state index in [-0.39, 0.29) is 22.9 Å². The van der Waals surface area contributed by atoms with Crippen LogP contribution in [0, 0.1) is 21.4 Å². The van der Waals surface area contributed by atoms with Gasteiger partial charge < -0.3 is 4.74 Å². The van der Waals surface area contributed by atoms with Gasteiger partial charge in [-0.05, 0) is 23.3 Å². The smallest absolute Gasteiger partial charge is 0.349 e. The van der Waals surface area contributed by atoms with Gasteiger partial charge in [-0.3, -0.25) is 10.1 Å². The molecule has 0 saturated carbocycles. The molecular formula is C17H11ClN2O4. The number of hydrogen-bond donors (Lipinski definition) is 0. The van der Waals surface area contributed by atoms with Crippen LogP contribution >= 0.6 is 11.6 Å². The summed E-state index contributed by atoms with van der Waals surface area (Å²) in [7, 11) is 0. The number of nitro groups is 1. The first-order chi connectivity index (χ1) is 11.5. The Balaban J connectivity index is 2.17. The van der Waals surface area contributed by atoms with Crippen molar-refractivity contribution in [1.29, 1.82) is 5.26 Å². The van der Waals surface area contributed by atoms with Gasteiger partial charge in [-0.2, -0.15) is 5.26 Å². The Morgan fingerprint density at radius 1 is 1.29 bits per heavy atom. The van der Waals surface area contributed by atoms with Crippen LogP contribution in [0.5, 0.6) is 0 Å². The van der Waals surface area contributed by atoms with Crippen LogP contribution < -0.4 is 0 Å². The Morgan fingerprint density at radius 2 is 2.00 bits per heavy atom. The molecule has 120 valence electrons. The molecule has 24 heavy (non-hydrogen) atoms. The van der Waals surface area contributed by atoms with Gasteiger partial charge in [0.05, 0.1) is 4.92 Å². The van der Waals surface area contributed by atoms with Crippen LogP contribution in [0.2, 0.25) is 5.02 Å². The van der Waals surface area contributed by atoms with E-state index in [1.54, 1.807) is 30.3 Å². The summed E-state index contributed by atoms with van der Waals surface area (Å²) in [5, 5.41) is 19.9. The van der Waals surface area contributed by atoms with Gasteiger partial charge in [0.1, 0.15) is 23.3 Å². The van der Waals surface area contributed by atoms with Gasteiger partial charge in [-0.15, -0.1) is 0 Å². The second-order valence-corrected chi connectivity index (χ2v) is 5.11. The highest BCUT2D eigenvalue weighted by Crippen LogP contribution is 2.26. The average molecular weight is 343 g/mol. The van der Waals surface area contributed by atoms with Crippen LogP contribution in [0.15, 0.2) is 54.1 Å². The predicted octanol–water partition coefficient (Wildman–Crippen LogP) is 3.90. The number of nitrogens with zero attached hydrogens (tertiary/aromatic N) is 2. The van der Waals surface area contributed by atoms with Crippen LogP contribution in [-0.2, 0) is 16.1 Å².